The van der Waals surface area contributed by atoms with Crippen LogP contribution in [0.15, 0.2) is 18.3 Å². The van der Waals surface area contributed by atoms with E-state index in [4.69, 9.17) is 0 Å². The summed E-state index contributed by atoms with van der Waals surface area (Å²) < 4.78 is 0. The van der Waals surface area contributed by atoms with Gasteiger partial charge in [-0.15, -0.1) is 0 Å². The zero-order valence-corrected chi connectivity index (χ0v) is 8.79. The fraction of sp³-hybridized carbons (Fsp3) is 0.455. The summed E-state index contributed by atoms with van der Waals surface area (Å²) in [6, 6.07) is 0. The monoisotopic (exact) mass is 205 g/mol. The number of nitrogens with one attached hydrogen (secondary N) is 2. The largest absolute Gasteiger partial charge is 0.311 e. The third-order valence-corrected chi connectivity index (χ3v) is 2.72. The number of carbonyl (C=O) groups is 1. The Bertz CT molecular complexity index is 381. The number of aromatic nitrogens is 2. The van der Waals surface area contributed by atoms with E-state index in [-0.39, 0.29) is 11.8 Å². The molecular weight excluding hydrogens is 190 g/mol. The Morgan fingerprint density at radius 2 is 2.47 bits per heavy atom. The predicted octanol–water partition coefficient (Wildman–Crippen LogP) is 2.01. The Hall–Kier alpha value is -1.58. The summed E-state index contributed by atoms with van der Waals surface area (Å²) in [6.07, 6.45) is 8.70. The fourth-order valence-electron chi connectivity index (χ4n) is 1.73. The summed E-state index contributed by atoms with van der Waals surface area (Å²) in [7, 11) is 0. The number of hydrogen-bond acceptors (Lipinski definition) is 2. The van der Waals surface area contributed by atoms with Crippen LogP contribution in [0.25, 0.3) is 0 Å². The molecular formula is C11H15N3O. The molecule has 0 saturated heterocycles. The van der Waals surface area contributed by atoms with Gasteiger partial charge in [0.25, 0.3) is 0 Å². The number of aromatic amines is 1. The van der Waals surface area contributed by atoms with Crippen molar-refractivity contribution in [3.05, 3.63) is 23.9 Å². The number of rotatable bonds is 2. The van der Waals surface area contributed by atoms with Gasteiger partial charge in [0.05, 0.1) is 6.20 Å². The summed E-state index contributed by atoms with van der Waals surface area (Å²) in [4.78, 5) is 11.8. The normalized spacial score (nSPS) is 20.2. The standard InChI is InChI=1S/C11H15N3O/c1-8-7-12-14-10(8)13-11(15)9-5-3-2-4-6-9/h2-3,7,9H,4-6H2,1H3,(H2,12,13,14,15). The van der Waals surface area contributed by atoms with Crippen molar-refractivity contribution < 1.29 is 4.79 Å². The van der Waals surface area contributed by atoms with Crippen molar-refractivity contribution in [1.82, 2.24) is 10.2 Å². The fourth-order valence-corrected chi connectivity index (χ4v) is 1.73. The number of anilines is 1. The first-order valence-corrected chi connectivity index (χ1v) is 5.23. The maximum Gasteiger partial charge on any atom is 0.228 e. The molecule has 2 rings (SSSR count). The number of aryl methyl sites for hydroxylation is 1. The maximum atomic E-state index is 11.8. The Balaban J connectivity index is 1.97. The molecule has 80 valence electrons. The molecule has 0 aromatic carbocycles. The lowest BCUT2D eigenvalue weighted by atomic mass is 9.94. The van der Waals surface area contributed by atoms with Crippen LogP contribution < -0.4 is 5.32 Å². The van der Waals surface area contributed by atoms with Crippen molar-refractivity contribution in [2.75, 3.05) is 5.32 Å². The molecule has 0 saturated carbocycles. The Morgan fingerprint density at radius 1 is 1.60 bits per heavy atom. The molecule has 1 aromatic heterocycles. The van der Waals surface area contributed by atoms with Gasteiger partial charge in [-0.3, -0.25) is 9.89 Å². The number of H-pyrrole nitrogens is 1. The van der Waals surface area contributed by atoms with Gasteiger partial charge in [-0.2, -0.15) is 5.10 Å². The molecule has 1 aliphatic carbocycles. The summed E-state index contributed by atoms with van der Waals surface area (Å²) in [6.45, 7) is 1.92. The lowest BCUT2D eigenvalue weighted by Crippen LogP contribution is -2.24. The molecule has 0 radical (unpaired) electrons. The minimum atomic E-state index is 0.0895. The molecule has 2 N–H and O–H groups in total. The molecule has 0 bridgehead atoms. The van der Waals surface area contributed by atoms with E-state index in [1.165, 1.54) is 0 Å². The minimum absolute atomic E-state index is 0.0895. The van der Waals surface area contributed by atoms with Gasteiger partial charge in [0, 0.05) is 11.5 Å². The van der Waals surface area contributed by atoms with Gasteiger partial charge >= 0.3 is 0 Å². The number of amides is 1. The van der Waals surface area contributed by atoms with Crippen molar-refractivity contribution in [2.45, 2.75) is 26.2 Å². The number of hydrogen-bond donors (Lipinski definition) is 2. The minimum Gasteiger partial charge on any atom is -0.311 e. The average molecular weight is 205 g/mol. The van der Waals surface area contributed by atoms with E-state index < -0.39 is 0 Å². The summed E-state index contributed by atoms with van der Waals surface area (Å²) >= 11 is 0. The first-order chi connectivity index (χ1) is 7.27. The van der Waals surface area contributed by atoms with Gasteiger partial charge in [0.1, 0.15) is 5.82 Å². The van der Waals surface area contributed by atoms with Gasteiger partial charge in [0.2, 0.25) is 5.91 Å². The molecule has 0 fully saturated rings. The highest BCUT2D eigenvalue weighted by atomic mass is 16.1. The van der Waals surface area contributed by atoms with E-state index in [2.05, 4.69) is 27.7 Å². The van der Waals surface area contributed by atoms with Crippen molar-refractivity contribution in [2.24, 2.45) is 5.92 Å². The van der Waals surface area contributed by atoms with E-state index in [9.17, 15) is 4.79 Å². The molecule has 1 unspecified atom stereocenters. The Morgan fingerprint density at radius 3 is 3.07 bits per heavy atom. The van der Waals surface area contributed by atoms with Crippen LogP contribution in [-0.4, -0.2) is 16.1 Å². The van der Waals surface area contributed by atoms with E-state index >= 15 is 0 Å². The summed E-state index contributed by atoms with van der Waals surface area (Å²) in [5.74, 6) is 0.916. The average Bonchev–Trinajstić information content (AvgIpc) is 2.66. The van der Waals surface area contributed by atoms with E-state index in [0.29, 0.717) is 0 Å². The second-order valence-electron chi connectivity index (χ2n) is 3.90. The molecule has 4 nitrogen and oxygen atoms in total. The predicted molar refractivity (Wildman–Crippen MR) is 58.4 cm³/mol. The second-order valence-corrected chi connectivity index (χ2v) is 3.90. The van der Waals surface area contributed by atoms with Crippen LogP contribution in [0, 0.1) is 12.8 Å². The van der Waals surface area contributed by atoms with Crippen LogP contribution in [0.2, 0.25) is 0 Å². The third-order valence-electron chi connectivity index (χ3n) is 2.72. The summed E-state index contributed by atoms with van der Waals surface area (Å²) in [5.41, 5.74) is 0.967. The Labute approximate surface area is 88.8 Å². The maximum absolute atomic E-state index is 11.8. The van der Waals surface area contributed by atoms with Gasteiger partial charge in [-0.05, 0) is 26.2 Å². The number of carbonyl (C=O) groups excluding carboxylic acids is 1. The van der Waals surface area contributed by atoms with Crippen molar-refractivity contribution >= 4 is 11.7 Å². The van der Waals surface area contributed by atoms with Crippen molar-refractivity contribution in [3.8, 4) is 0 Å². The van der Waals surface area contributed by atoms with Gasteiger partial charge in [0.15, 0.2) is 0 Å². The van der Waals surface area contributed by atoms with Crippen molar-refractivity contribution in [3.63, 3.8) is 0 Å². The van der Waals surface area contributed by atoms with Gasteiger partial charge in [-0.1, -0.05) is 12.2 Å². The molecule has 0 spiro atoms. The number of nitrogens with zero attached hydrogens (tertiary/aromatic N) is 1. The van der Waals surface area contributed by atoms with Gasteiger partial charge < -0.3 is 5.32 Å². The highest BCUT2D eigenvalue weighted by molar-refractivity contribution is 5.92. The van der Waals surface area contributed by atoms with Crippen LogP contribution in [0.4, 0.5) is 5.82 Å². The first-order valence-electron chi connectivity index (χ1n) is 5.23. The molecule has 15 heavy (non-hydrogen) atoms. The van der Waals surface area contributed by atoms with E-state index in [0.717, 1.165) is 30.6 Å². The van der Waals surface area contributed by atoms with Crippen LogP contribution in [0.5, 0.6) is 0 Å². The van der Waals surface area contributed by atoms with Crippen LogP contribution in [0.1, 0.15) is 24.8 Å². The van der Waals surface area contributed by atoms with Gasteiger partial charge in [-0.25, -0.2) is 0 Å². The molecule has 0 aliphatic heterocycles. The third kappa shape index (κ3) is 2.26. The lowest BCUT2D eigenvalue weighted by Gasteiger charge is -2.16. The SMILES string of the molecule is Cc1cn[nH]c1NC(=O)C1CC=CCC1. The highest BCUT2D eigenvalue weighted by Gasteiger charge is 2.19. The molecule has 1 aromatic rings. The molecule has 1 aliphatic rings. The van der Waals surface area contributed by atoms with Crippen molar-refractivity contribution in [1.29, 1.82) is 0 Å². The van der Waals surface area contributed by atoms with Crippen LogP contribution in [0.3, 0.4) is 0 Å². The number of allylic oxidation sites excluding steroid dienone is 2. The lowest BCUT2D eigenvalue weighted by molar-refractivity contribution is -0.120. The highest BCUT2D eigenvalue weighted by Crippen LogP contribution is 2.20. The van der Waals surface area contributed by atoms with E-state index in [1.807, 2.05) is 6.92 Å². The van der Waals surface area contributed by atoms with E-state index in [1.54, 1.807) is 6.20 Å². The Kier molecular flexibility index (Phi) is 2.85. The molecule has 1 heterocycles. The topological polar surface area (TPSA) is 57.8 Å². The smallest absolute Gasteiger partial charge is 0.228 e. The molecule has 1 atom stereocenters. The first kappa shape index (κ1) is 9.96. The summed E-state index contributed by atoms with van der Waals surface area (Å²) in [5, 5.41) is 9.51. The zero-order chi connectivity index (χ0) is 10.7. The van der Waals surface area contributed by atoms with Crippen LogP contribution >= 0.6 is 0 Å². The quantitative estimate of drug-likeness (QED) is 0.725. The van der Waals surface area contributed by atoms with Crippen LogP contribution in [-0.2, 0) is 4.79 Å². The second kappa shape index (κ2) is 4.29. The molecule has 4 heteroatoms. The molecule has 1 amide bonds. The zero-order valence-electron chi connectivity index (χ0n) is 8.79.